The quantitative estimate of drug-likeness (QED) is 0.803. The number of Topliss-reactive ketones (excluding diaryl/α,β-unsaturated/α-hetero) is 1. The molecule has 25 heavy (non-hydrogen) atoms. The van der Waals surface area contributed by atoms with Crippen molar-refractivity contribution < 1.29 is 9.59 Å². The van der Waals surface area contributed by atoms with Gasteiger partial charge in [0.25, 0.3) is 0 Å². The molecule has 2 fully saturated rings. The Kier molecular flexibility index (Phi) is 5.93. The third kappa shape index (κ3) is 4.32. The molecule has 2 heterocycles. The molecule has 0 aliphatic carbocycles. The summed E-state index contributed by atoms with van der Waals surface area (Å²) in [5, 5.41) is 6.84. The van der Waals surface area contributed by atoms with Gasteiger partial charge in [-0.3, -0.25) is 9.69 Å². The number of hydrogen-bond acceptors (Lipinski definition) is 4. The highest BCUT2D eigenvalue weighted by Crippen LogP contribution is 2.24. The third-order valence-electron chi connectivity index (χ3n) is 5.14. The average molecular weight is 365 g/mol. The van der Waals surface area contributed by atoms with Crippen molar-refractivity contribution in [3.8, 4) is 0 Å². The first-order chi connectivity index (χ1) is 12.1. The number of urea groups is 1. The van der Waals surface area contributed by atoms with E-state index in [-0.39, 0.29) is 23.9 Å². The van der Waals surface area contributed by atoms with Gasteiger partial charge in [0.2, 0.25) is 0 Å². The van der Waals surface area contributed by atoms with Gasteiger partial charge in [-0.15, -0.1) is 0 Å². The molecule has 2 unspecified atom stereocenters. The maximum atomic E-state index is 12.8. The first-order valence-corrected chi connectivity index (χ1v) is 9.20. The number of halogens is 1. The molecule has 1 aromatic carbocycles. The lowest BCUT2D eigenvalue weighted by Crippen LogP contribution is -2.59. The zero-order valence-corrected chi connectivity index (χ0v) is 15.3. The van der Waals surface area contributed by atoms with Crippen LogP contribution in [-0.2, 0) is 0 Å². The molecule has 2 atom stereocenters. The maximum Gasteiger partial charge on any atom is 0.317 e. The summed E-state index contributed by atoms with van der Waals surface area (Å²) in [5.41, 5.74) is 0.736. The molecule has 1 aromatic rings. The van der Waals surface area contributed by atoms with Crippen molar-refractivity contribution in [2.24, 2.45) is 5.92 Å². The lowest BCUT2D eigenvalue weighted by molar-refractivity contribution is 0.0587. The molecule has 136 valence electrons. The minimum Gasteiger partial charge on any atom is -0.341 e. The Bertz CT molecular complexity index is 614. The molecule has 0 radical (unpaired) electrons. The van der Waals surface area contributed by atoms with E-state index in [4.69, 9.17) is 11.6 Å². The number of ketones is 1. The Morgan fingerprint density at radius 1 is 1.16 bits per heavy atom. The van der Waals surface area contributed by atoms with Gasteiger partial charge in [-0.2, -0.15) is 0 Å². The fourth-order valence-electron chi connectivity index (χ4n) is 3.66. The van der Waals surface area contributed by atoms with Crippen LogP contribution in [0.25, 0.3) is 0 Å². The number of benzene rings is 1. The van der Waals surface area contributed by atoms with Gasteiger partial charge >= 0.3 is 6.03 Å². The Labute approximate surface area is 153 Å². The predicted molar refractivity (Wildman–Crippen MR) is 97.9 cm³/mol. The van der Waals surface area contributed by atoms with Gasteiger partial charge in [-0.05, 0) is 43.7 Å². The molecule has 2 N–H and O–H groups in total. The number of hydrogen-bond donors (Lipinski definition) is 2. The van der Waals surface area contributed by atoms with Crippen LogP contribution in [0.2, 0.25) is 5.02 Å². The van der Waals surface area contributed by atoms with Crippen LogP contribution in [0.5, 0.6) is 0 Å². The van der Waals surface area contributed by atoms with Crippen molar-refractivity contribution >= 4 is 23.4 Å². The Hall–Kier alpha value is -1.63. The first kappa shape index (κ1) is 18.2. The Balaban J connectivity index is 1.57. The van der Waals surface area contributed by atoms with Gasteiger partial charge in [-0.1, -0.05) is 11.6 Å². The summed E-state index contributed by atoms with van der Waals surface area (Å²) in [6.07, 6.45) is 1.86. The average Bonchev–Trinajstić information content (AvgIpc) is 2.67. The number of amides is 2. The summed E-state index contributed by atoms with van der Waals surface area (Å²) in [5.74, 6) is 0.233. The Morgan fingerprint density at radius 3 is 2.48 bits per heavy atom. The van der Waals surface area contributed by atoms with E-state index in [0.717, 1.165) is 38.0 Å². The highest BCUT2D eigenvalue weighted by molar-refractivity contribution is 6.30. The molecule has 2 aliphatic rings. The molecule has 2 aliphatic heterocycles. The van der Waals surface area contributed by atoms with E-state index >= 15 is 0 Å². The SMILES string of the molecule is CNC(=O)N1CCN(C2CC(C(=O)c3ccc(Cl)cc3)CCN2)CC1. The summed E-state index contributed by atoms with van der Waals surface area (Å²) < 4.78 is 0. The van der Waals surface area contributed by atoms with Gasteiger partial charge < -0.3 is 15.5 Å². The third-order valence-corrected chi connectivity index (χ3v) is 5.39. The van der Waals surface area contributed by atoms with E-state index < -0.39 is 0 Å². The van der Waals surface area contributed by atoms with E-state index in [0.29, 0.717) is 18.1 Å². The van der Waals surface area contributed by atoms with Gasteiger partial charge in [0.05, 0.1) is 6.17 Å². The highest BCUT2D eigenvalue weighted by Gasteiger charge is 2.32. The summed E-state index contributed by atoms with van der Waals surface area (Å²) in [7, 11) is 1.66. The monoisotopic (exact) mass is 364 g/mol. The predicted octanol–water partition coefficient (Wildman–Crippen LogP) is 1.81. The van der Waals surface area contributed by atoms with Crippen LogP contribution in [-0.4, -0.2) is 67.6 Å². The second-order valence-corrected chi connectivity index (χ2v) is 7.08. The zero-order valence-electron chi connectivity index (χ0n) is 14.5. The minimum atomic E-state index is -0.0213. The number of nitrogens with zero attached hydrogens (tertiary/aromatic N) is 2. The van der Waals surface area contributed by atoms with Crippen LogP contribution in [0.1, 0.15) is 23.2 Å². The first-order valence-electron chi connectivity index (χ1n) is 8.82. The van der Waals surface area contributed by atoms with Crippen molar-refractivity contribution in [2.75, 3.05) is 39.8 Å². The number of piperazine rings is 1. The highest BCUT2D eigenvalue weighted by atomic mass is 35.5. The lowest BCUT2D eigenvalue weighted by atomic mass is 9.87. The molecule has 3 rings (SSSR count). The van der Waals surface area contributed by atoms with Crippen molar-refractivity contribution in [1.82, 2.24) is 20.4 Å². The number of nitrogens with one attached hydrogen (secondary N) is 2. The molecule has 2 amide bonds. The number of rotatable bonds is 3. The van der Waals surface area contributed by atoms with Crippen molar-refractivity contribution in [3.63, 3.8) is 0 Å². The second kappa shape index (κ2) is 8.17. The molecular weight excluding hydrogens is 340 g/mol. The summed E-state index contributed by atoms with van der Waals surface area (Å²) in [6.45, 7) is 3.92. The normalized spacial score (nSPS) is 24.8. The smallest absolute Gasteiger partial charge is 0.317 e. The van der Waals surface area contributed by atoms with E-state index in [9.17, 15) is 9.59 Å². The zero-order chi connectivity index (χ0) is 17.8. The molecule has 0 saturated carbocycles. The lowest BCUT2D eigenvalue weighted by Gasteiger charge is -2.42. The van der Waals surface area contributed by atoms with Crippen LogP contribution in [0.3, 0.4) is 0 Å². The van der Waals surface area contributed by atoms with Crippen LogP contribution in [0, 0.1) is 5.92 Å². The summed E-state index contributed by atoms with van der Waals surface area (Å²) in [6, 6.07) is 7.14. The fraction of sp³-hybridized carbons (Fsp3) is 0.556. The summed E-state index contributed by atoms with van der Waals surface area (Å²) >= 11 is 5.91. The van der Waals surface area contributed by atoms with Gasteiger partial charge in [0.1, 0.15) is 0 Å². The second-order valence-electron chi connectivity index (χ2n) is 6.64. The number of piperidine rings is 1. The topological polar surface area (TPSA) is 64.7 Å². The molecule has 0 bridgehead atoms. The molecule has 7 heteroatoms. The summed E-state index contributed by atoms with van der Waals surface area (Å²) in [4.78, 5) is 28.6. The Morgan fingerprint density at radius 2 is 1.84 bits per heavy atom. The number of carbonyl (C=O) groups excluding carboxylic acids is 2. The van der Waals surface area contributed by atoms with Crippen LogP contribution < -0.4 is 10.6 Å². The van der Waals surface area contributed by atoms with Crippen LogP contribution >= 0.6 is 11.6 Å². The molecule has 0 aromatic heterocycles. The van der Waals surface area contributed by atoms with Gasteiger partial charge in [0, 0.05) is 49.7 Å². The minimum absolute atomic E-state index is 0.0213. The molecule has 6 nitrogen and oxygen atoms in total. The fourth-order valence-corrected chi connectivity index (χ4v) is 3.78. The largest absolute Gasteiger partial charge is 0.341 e. The van der Waals surface area contributed by atoms with Crippen LogP contribution in [0.15, 0.2) is 24.3 Å². The standard InChI is InChI=1S/C18H25ClN4O2/c1-20-18(25)23-10-8-22(9-11-23)16-12-14(6-7-21-16)17(24)13-2-4-15(19)5-3-13/h2-5,14,16,21H,6-12H2,1H3,(H,20,25). The van der Waals surface area contributed by atoms with E-state index in [1.54, 1.807) is 19.2 Å². The van der Waals surface area contributed by atoms with Crippen molar-refractivity contribution in [1.29, 1.82) is 0 Å². The van der Waals surface area contributed by atoms with Crippen LogP contribution in [0.4, 0.5) is 4.79 Å². The number of carbonyl (C=O) groups is 2. The van der Waals surface area contributed by atoms with E-state index in [2.05, 4.69) is 15.5 Å². The van der Waals surface area contributed by atoms with E-state index in [1.165, 1.54) is 0 Å². The molecule has 2 saturated heterocycles. The molecular formula is C18H25ClN4O2. The maximum absolute atomic E-state index is 12.8. The van der Waals surface area contributed by atoms with Gasteiger partial charge in [-0.25, -0.2) is 4.79 Å². The van der Waals surface area contributed by atoms with E-state index in [1.807, 2.05) is 17.0 Å². The van der Waals surface area contributed by atoms with Crippen molar-refractivity contribution in [2.45, 2.75) is 19.0 Å². The van der Waals surface area contributed by atoms with Gasteiger partial charge in [0.15, 0.2) is 5.78 Å². The molecule has 0 spiro atoms. The van der Waals surface area contributed by atoms with Crippen molar-refractivity contribution in [3.05, 3.63) is 34.9 Å².